The van der Waals surface area contributed by atoms with E-state index in [2.05, 4.69) is 20.7 Å². The number of nitrogens with zero attached hydrogens (tertiary/aromatic N) is 2. The number of hydrogen-bond donors (Lipinski definition) is 3. The lowest BCUT2D eigenvalue weighted by molar-refractivity contribution is 0.0935. The van der Waals surface area contributed by atoms with Gasteiger partial charge in [0.25, 0.3) is 5.91 Å². The van der Waals surface area contributed by atoms with Crippen LogP contribution in [0, 0.1) is 0 Å². The van der Waals surface area contributed by atoms with E-state index in [9.17, 15) is 4.79 Å². The highest BCUT2D eigenvalue weighted by molar-refractivity contribution is 5.92. The molecule has 2 rings (SSSR count). The summed E-state index contributed by atoms with van der Waals surface area (Å²) in [5.74, 6) is 5.46. The molecule has 0 aromatic carbocycles. The molecule has 6 nitrogen and oxygen atoms in total. The third kappa shape index (κ3) is 3.26. The topological polar surface area (TPSA) is 92.9 Å². The van der Waals surface area contributed by atoms with Crippen molar-refractivity contribution in [2.24, 2.45) is 5.84 Å². The number of carbonyl (C=O) groups excluding carboxylic acids is 1. The van der Waals surface area contributed by atoms with Crippen molar-refractivity contribution >= 4 is 11.7 Å². The first kappa shape index (κ1) is 13.0. The Balaban J connectivity index is 2.08. The summed E-state index contributed by atoms with van der Waals surface area (Å²) < 4.78 is 0. The summed E-state index contributed by atoms with van der Waals surface area (Å²) in [5.41, 5.74) is 3.71. The van der Waals surface area contributed by atoms with E-state index >= 15 is 0 Å². The van der Waals surface area contributed by atoms with E-state index < -0.39 is 0 Å². The van der Waals surface area contributed by atoms with E-state index in [1.54, 1.807) is 30.6 Å². The number of amides is 1. The molecule has 4 N–H and O–H groups in total. The van der Waals surface area contributed by atoms with Crippen molar-refractivity contribution in [1.29, 1.82) is 0 Å². The molecule has 0 saturated carbocycles. The van der Waals surface area contributed by atoms with Crippen molar-refractivity contribution in [3.05, 3.63) is 54.0 Å². The zero-order chi connectivity index (χ0) is 13.7. The first-order chi connectivity index (χ1) is 9.20. The summed E-state index contributed by atoms with van der Waals surface area (Å²) in [6, 6.07) is 8.63. The highest BCUT2D eigenvalue weighted by Crippen LogP contribution is 2.11. The number of carbonyl (C=O) groups is 1. The molecule has 0 radical (unpaired) electrons. The van der Waals surface area contributed by atoms with Crippen LogP contribution in [0.2, 0.25) is 0 Å². The van der Waals surface area contributed by atoms with Gasteiger partial charge in [0, 0.05) is 12.4 Å². The van der Waals surface area contributed by atoms with Gasteiger partial charge in [-0.05, 0) is 36.8 Å². The normalized spacial score (nSPS) is 11.7. The molecule has 0 aliphatic carbocycles. The SMILES string of the molecule is CC(NC(=O)c1cccc(NN)n1)c1ccncc1. The minimum atomic E-state index is -0.249. The molecule has 1 unspecified atom stereocenters. The summed E-state index contributed by atoms with van der Waals surface area (Å²) in [5, 5.41) is 2.87. The average Bonchev–Trinajstić information content (AvgIpc) is 2.48. The average molecular weight is 257 g/mol. The maximum absolute atomic E-state index is 12.0. The number of nitrogens with two attached hydrogens (primary N) is 1. The molecule has 0 saturated heterocycles. The smallest absolute Gasteiger partial charge is 0.270 e. The second-order valence-corrected chi connectivity index (χ2v) is 4.03. The van der Waals surface area contributed by atoms with Crippen LogP contribution < -0.4 is 16.6 Å². The summed E-state index contributed by atoms with van der Waals surface area (Å²) in [6.07, 6.45) is 3.38. The second kappa shape index (κ2) is 5.92. The summed E-state index contributed by atoms with van der Waals surface area (Å²) >= 11 is 0. The lowest BCUT2D eigenvalue weighted by Gasteiger charge is -2.13. The van der Waals surface area contributed by atoms with Gasteiger partial charge in [0.1, 0.15) is 11.5 Å². The molecule has 0 aliphatic rings. The molecular weight excluding hydrogens is 242 g/mol. The van der Waals surface area contributed by atoms with Crippen LogP contribution in [-0.4, -0.2) is 15.9 Å². The van der Waals surface area contributed by atoms with Crippen molar-refractivity contribution in [2.45, 2.75) is 13.0 Å². The molecule has 2 aromatic heterocycles. The fourth-order valence-corrected chi connectivity index (χ4v) is 1.65. The quantitative estimate of drug-likeness (QED) is 0.566. The zero-order valence-electron chi connectivity index (χ0n) is 10.5. The minimum Gasteiger partial charge on any atom is -0.344 e. The Morgan fingerprint density at radius 1 is 1.26 bits per heavy atom. The molecule has 0 aliphatic heterocycles. The lowest BCUT2D eigenvalue weighted by atomic mass is 10.1. The van der Waals surface area contributed by atoms with E-state index in [0.717, 1.165) is 5.56 Å². The molecule has 19 heavy (non-hydrogen) atoms. The fraction of sp³-hybridized carbons (Fsp3) is 0.154. The third-order valence-electron chi connectivity index (χ3n) is 2.68. The van der Waals surface area contributed by atoms with Crippen LogP contribution in [0.1, 0.15) is 29.0 Å². The fourth-order valence-electron chi connectivity index (χ4n) is 1.65. The second-order valence-electron chi connectivity index (χ2n) is 4.03. The number of hydrazine groups is 1. The summed E-state index contributed by atoms with van der Waals surface area (Å²) in [7, 11) is 0. The molecule has 1 amide bonds. The Hall–Kier alpha value is -2.47. The first-order valence-electron chi connectivity index (χ1n) is 5.85. The highest BCUT2D eigenvalue weighted by Gasteiger charge is 2.12. The van der Waals surface area contributed by atoms with Crippen LogP contribution in [0.3, 0.4) is 0 Å². The van der Waals surface area contributed by atoms with Gasteiger partial charge in [-0.2, -0.15) is 0 Å². The third-order valence-corrected chi connectivity index (χ3v) is 2.68. The Morgan fingerprint density at radius 2 is 2.00 bits per heavy atom. The number of pyridine rings is 2. The van der Waals surface area contributed by atoms with Crippen LogP contribution in [0.4, 0.5) is 5.82 Å². The van der Waals surface area contributed by atoms with Gasteiger partial charge in [-0.1, -0.05) is 6.07 Å². The summed E-state index contributed by atoms with van der Waals surface area (Å²) in [6.45, 7) is 1.90. The maximum atomic E-state index is 12.0. The molecule has 0 fully saturated rings. The predicted molar refractivity (Wildman–Crippen MR) is 72.2 cm³/mol. The standard InChI is InChI=1S/C13H15N5O/c1-9(10-5-7-15-8-6-10)16-13(19)11-3-2-4-12(17-11)18-14/h2-9H,14H2,1H3,(H,16,19)(H,17,18). The van der Waals surface area contributed by atoms with Crippen LogP contribution in [0.5, 0.6) is 0 Å². The van der Waals surface area contributed by atoms with E-state index in [-0.39, 0.29) is 11.9 Å². The Kier molecular flexibility index (Phi) is 4.04. The molecule has 6 heteroatoms. The molecule has 0 spiro atoms. The molecule has 2 heterocycles. The highest BCUT2D eigenvalue weighted by atomic mass is 16.1. The number of hydrogen-bond acceptors (Lipinski definition) is 5. The number of aromatic nitrogens is 2. The van der Waals surface area contributed by atoms with Crippen molar-refractivity contribution in [3.8, 4) is 0 Å². The largest absolute Gasteiger partial charge is 0.344 e. The van der Waals surface area contributed by atoms with Gasteiger partial charge in [-0.25, -0.2) is 10.8 Å². The van der Waals surface area contributed by atoms with Gasteiger partial charge in [0.05, 0.1) is 6.04 Å². The molecule has 0 bridgehead atoms. The first-order valence-corrected chi connectivity index (χ1v) is 5.85. The van der Waals surface area contributed by atoms with Crippen LogP contribution in [0.25, 0.3) is 0 Å². The number of nitrogens with one attached hydrogen (secondary N) is 2. The van der Waals surface area contributed by atoms with Gasteiger partial charge in [0.15, 0.2) is 0 Å². The number of nitrogen functional groups attached to an aromatic ring is 1. The maximum Gasteiger partial charge on any atom is 0.270 e. The van der Waals surface area contributed by atoms with Gasteiger partial charge in [-0.3, -0.25) is 9.78 Å². The number of anilines is 1. The zero-order valence-corrected chi connectivity index (χ0v) is 10.5. The van der Waals surface area contributed by atoms with Gasteiger partial charge >= 0.3 is 0 Å². The lowest BCUT2D eigenvalue weighted by Crippen LogP contribution is -2.27. The number of rotatable bonds is 4. The van der Waals surface area contributed by atoms with Gasteiger partial charge < -0.3 is 10.7 Å². The van der Waals surface area contributed by atoms with Crippen LogP contribution in [-0.2, 0) is 0 Å². The van der Waals surface area contributed by atoms with Gasteiger partial charge in [0.2, 0.25) is 0 Å². The molecule has 2 aromatic rings. The van der Waals surface area contributed by atoms with E-state index in [0.29, 0.717) is 11.5 Å². The van der Waals surface area contributed by atoms with Crippen LogP contribution in [0.15, 0.2) is 42.7 Å². The van der Waals surface area contributed by atoms with Gasteiger partial charge in [-0.15, -0.1) is 0 Å². The van der Waals surface area contributed by atoms with Crippen LogP contribution >= 0.6 is 0 Å². The molecular formula is C13H15N5O. The van der Waals surface area contributed by atoms with Crippen molar-refractivity contribution in [2.75, 3.05) is 5.43 Å². The Labute approximate surface area is 111 Å². The van der Waals surface area contributed by atoms with E-state index in [4.69, 9.17) is 5.84 Å². The summed E-state index contributed by atoms with van der Waals surface area (Å²) in [4.78, 5) is 20.1. The van der Waals surface area contributed by atoms with Crippen molar-refractivity contribution in [1.82, 2.24) is 15.3 Å². The minimum absolute atomic E-state index is 0.119. The Bertz CT molecular complexity index is 558. The van der Waals surface area contributed by atoms with Crippen molar-refractivity contribution < 1.29 is 4.79 Å². The Morgan fingerprint density at radius 3 is 2.68 bits per heavy atom. The predicted octanol–water partition coefficient (Wildman–Crippen LogP) is 1.25. The monoisotopic (exact) mass is 257 g/mol. The van der Waals surface area contributed by atoms with Crippen molar-refractivity contribution in [3.63, 3.8) is 0 Å². The molecule has 98 valence electrons. The van der Waals surface area contributed by atoms with E-state index in [1.165, 1.54) is 0 Å². The molecule has 1 atom stereocenters. The van der Waals surface area contributed by atoms with E-state index in [1.807, 2.05) is 19.1 Å².